The van der Waals surface area contributed by atoms with Crippen LogP contribution in [0.15, 0.2) is 18.2 Å². The van der Waals surface area contributed by atoms with Gasteiger partial charge in [-0.2, -0.15) is 13.2 Å². The summed E-state index contributed by atoms with van der Waals surface area (Å²) in [5, 5.41) is 13.0. The van der Waals surface area contributed by atoms with Gasteiger partial charge in [-0.05, 0) is 37.5 Å². The molecular formula is C13H13F3N2O3. The SMILES string of the molecule is Cc1ccc(C(=O)O)cc1NC(=O)NC1(C(F)(F)F)CC1. The van der Waals surface area contributed by atoms with E-state index in [0.29, 0.717) is 5.56 Å². The van der Waals surface area contributed by atoms with Crippen LogP contribution in [0.2, 0.25) is 0 Å². The number of carbonyl (C=O) groups excluding carboxylic acids is 1. The lowest BCUT2D eigenvalue weighted by Gasteiger charge is -2.21. The number of amides is 2. The number of carboxylic acids is 1. The molecule has 0 atom stereocenters. The standard InChI is InChI=1S/C13H13F3N2O3/c1-7-2-3-8(10(19)20)6-9(7)17-11(21)18-12(4-5-12)13(14,15)16/h2-3,6H,4-5H2,1H3,(H,19,20)(H2,17,18,21). The van der Waals surface area contributed by atoms with Crippen molar-refractivity contribution in [1.82, 2.24) is 5.32 Å². The van der Waals surface area contributed by atoms with Crippen LogP contribution in [0.5, 0.6) is 0 Å². The molecule has 0 unspecified atom stereocenters. The summed E-state index contributed by atoms with van der Waals surface area (Å²) in [5.74, 6) is -1.19. The normalized spacial score (nSPS) is 16.2. The van der Waals surface area contributed by atoms with E-state index in [0.717, 1.165) is 0 Å². The summed E-state index contributed by atoms with van der Waals surface area (Å²) in [6.45, 7) is 1.61. The second-order valence-electron chi connectivity index (χ2n) is 4.99. The Hall–Kier alpha value is -2.25. The van der Waals surface area contributed by atoms with E-state index in [1.165, 1.54) is 18.2 Å². The molecule has 2 amide bonds. The fourth-order valence-corrected chi connectivity index (χ4v) is 1.86. The van der Waals surface area contributed by atoms with Gasteiger partial charge >= 0.3 is 18.2 Å². The lowest BCUT2D eigenvalue weighted by Crippen LogP contribution is -2.49. The fourth-order valence-electron chi connectivity index (χ4n) is 1.86. The maximum absolute atomic E-state index is 12.7. The monoisotopic (exact) mass is 302 g/mol. The van der Waals surface area contributed by atoms with Gasteiger partial charge in [-0.15, -0.1) is 0 Å². The Bertz CT molecular complexity index is 595. The topological polar surface area (TPSA) is 78.4 Å². The summed E-state index contributed by atoms with van der Waals surface area (Å²) in [7, 11) is 0. The summed E-state index contributed by atoms with van der Waals surface area (Å²) in [6, 6.07) is 3.01. The molecule has 1 saturated carbocycles. The third kappa shape index (κ3) is 3.09. The molecule has 0 aromatic heterocycles. The molecule has 0 radical (unpaired) electrons. The van der Waals surface area contributed by atoms with Crippen molar-refractivity contribution >= 4 is 17.7 Å². The average molecular weight is 302 g/mol. The molecule has 21 heavy (non-hydrogen) atoms. The van der Waals surface area contributed by atoms with E-state index in [9.17, 15) is 22.8 Å². The van der Waals surface area contributed by atoms with Crippen molar-refractivity contribution in [1.29, 1.82) is 0 Å². The zero-order chi connectivity index (χ0) is 15.8. The minimum Gasteiger partial charge on any atom is -0.478 e. The van der Waals surface area contributed by atoms with Crippen molar-refractivity contribution in [3.63, 3.8) is 0 Å². The Kier molecular flexibility index (Phi) is 3.56. The molecule has 0 saturated heterocycles. The molecule has 3 N–H and O–H groups in total. The van der Waals surface area contributed by atoms with Crippen molar-refractivity contribution < 1.29 is 27.9 Å². The van der Waals surface area contributed by atoms with Crippen LogP contribution >= 0.6 is 0 Å². The van der Waals surface area contributed by atoms with Crippen molar-refractivity contribution in [3.05, 3.63) is 29.3 Å². The summed E-state index contributed by atoms with van der Waals surface area (Å²) >= 11 is 0. The minimum atomic E-state index is -4.50. The number of hydrogen-bond donors (Lipinski definition) is 3. The average Bonchev–Trinajstić information content (AvgIpc) is 3.11. The highest BCUT2D eigenvalue weighted by molar-refractivity contribution is 5.94. The Balaban J connectivity index is 2.10. The number of carbonyl (C=O) groups is 2. The lowest BCUT2D eigenvalue weighted by atomic mass is 10.1. The highest BCUT2D eigenvalue weighted by Gasteiger charge is 2.64. The number of urea groups is 1. The molecule has 0 heterocycles. The van der Waals surface area contributed by atoms with Gasteiger partial charge in [-0.3, -0.25) is 0 Å². The molecule has 0 spiro atoms. The largest absolute Gasteiger partial charge is 0.478 e. The first kappa shape index (κ1) is 15.1. The molecule has 1 aromatic carbocycles. The van der Waals surface area contributed by atoms with Gasteiger partial charge in [0.25, 0.3) is 0 Å². The van der Waals surface area contributed by atoms with Crippen LogP contribution in [0.1, 0.15) is 28.8 Å². The molecule has 1 aliphatic rings. The Morgan fingerprint density at radius 1 is 1.29 bits per heavy atom. The highest BCUT2D eigenvalue weighted by atomic mass is 19.4. The first-order valence-electron chi connectivity index (χ1n) is 6.14. The van der Waals surface area contributed by atoms with Crippen LogP contribution in [0.25, 0.3) is 0 Å². The quantitative estimate of drug-likeness (QED) is 0.803. The van der Waals surface area contributed by atoms with E-state index in [-0.39, 0.29) is 24.1 Å². The smallest absolute Gasteiger partial charge is 0.411 e. The van der Waals surface area contributed by atoms with E-state index < -0.39 is 23.7 Å². The predicted molar refractivity (Wildman–Crippen MR) is 68.3 cm³/mol. The Morgan fingerprint density at radius 3 is 2.38 bits per heavy atom. The van der Waals surface area contributed by atoms with E-state index in [1.807, 2.05) is 5.32 Å². The minimum absolute atomic E-state index is 0.0622. The van der Waals surface area contributed by atoms with Crippen molar-refractivity contribution in [3.8, 4) is 0 Å². The summed E-state index contributed by atoms with van der Waals surface area (Å²) < 4.78 is 38.2. The van der Waals surface area contributed by atoms with Crippen LogP contribution in [-0.2, 0) is 0 Å². The first-order valence-corrected chi connectivity index (χ1v) is 6.14. The second kappa shape index (κ2) is 4.94. The summed E-state index contributed by atoms with van der Waals surface area (Å²) in [5.41, 5.74) is -1.51. The number of halogens is 3. The number of aryl methyl sites for hydroxylation is 1. The molecule has 1 aromatic rings. The molecule has 1 fully saturated rings. The van der Waals surface area contributed by atoms with Crippen molar-refractivity contribution in [2.75, 3.05) is 5.32 Å². The lowest BCUT2D eigenvalue weighted by molar-refractivity contribution is -0.162. The summed E-state index contributed by atoms with van der Waals surface area (Å²) in [4.78, 5) is 22.5. The van der Waals surface area contributed by atoms with E-state index in [4.69, 9.17) is 5.11 Å². The van der Waals surface area contributed by atoms with Crippen molar-refractivity contribution in [2.45, 2.75) is 31.5 Å². The van der Waals surface area contributed by atoms with Crippen LogP contribution < -0.4 is 10.6 Å². The fraction of sp³-hybridized carbons (Fsp3) is 0.385. The molecule has 1 aliphatic carbocycles. The number of hydrogen-bond acceptors (Lipinski definition) is 2. The number of alkyl halides is 3. The van der Waals surface area contributed by atoms with Gasteiger partial charge in [0.1, 0.15) is 5.54 Å². The van der Waals surface area contributed by atoms with Crippen LogP contribution in [0.3, 0.4) is 0 Å². The van der Waals surface area contributed by atoms with Gasteiger partial charge in [-0.1, -0.05) is 6.07 Å². The second-order valence-corrected chi connectivity index (χ2v) is 4.99. The van der Waals surface area contributed by atoms with Crippen LogP contribution in [-0.4, -0.2) is 28.8 Å². The van der Waals surface area contributed by atoms with E-state index >= 15 is 0 Å². The number of aromatic carboxylic acids is 1. The zero-order valence-corrected chi connectivity index (χ0v) is 11.0. The van der Waals surface area contributed by atoms with E-state index in [2.05, 4.69) is 5.32 Å². The number of anilines is 1. The van der Waals surface area contributed by atoms with Crippen LogP contribution in [0, 0.1) is 6.92 Å². The maximum atomic E-state index is 12.7. The maximum Gasteiger partial charge on any atom is 0.411 e. The van der Waals surface area contributed by atoms with Gasteiger partial charge in [-0.25, -0.2) is 9.59 Å². The van der Waals surface area contributed by atoms with Crippen LogP contribution in [0.4, 0.5) is 23.7 Å². The number of benzene rings is 1. The molecular weight excluding hydrogens is 289 g/mol. The van der Waals surface area contributed by atoms with E-state index in [1.54, 1.807) is 6.92 Å². The predicted octanol–water partition coefficient (Wildman–Crippen LogP) is 2.91. The third-order valence-electron chi connectivity index (χ3n) is 3.38. The van der Waals surface area contributed by atoms with Crippen molar-refractivity contribution in [2.24, 2.45) is 0 Å². The van der Waals surface area contributed by atoms with Gasteiger partial charge in [0.05, 0.1) is 5.56 Å². The molecule has 8 heteroatoms. The number of carboxylic acid groups (broad SMARTS) is 1. The molecule has 2 rings (SSSR count). The number of rotatable bonds is 3. The highest BCUT2D eigenvalue weighted by Crippen LogP contribution is 2.48. The van der Waals surface area contributed by atoms with Gasteiger partial charge in [0.2, 0.25) is 0 Å². The van der Waals surface area contributed by atoms with Gasteiger partial charge in [0, 0.05) is 5.69 Å². The Morgan fingerprint density at radius 2 is 1.90 bits per heavy atom. The zero-order valence-electron chi connectivity index (χ0n) is 11.0. The first-order chi connectivity index (χ1) is 9.64. The Labute approximate surface area is 118 Å². The van der Waals surface area contributed by atoms with Gasteiger partial charge in [0.15, 0.2) is 0 Å². The van der Waals surface area contributed by atoms with Gasteiger partial charge < -0.3 is 15.7 Å². The molecule has 0 aliphatic heterocycles. The summed E-state index contributed by atoms with van der Waals surface area (Å²) in [6.07, 6.45) is -4.81. The molecule has 5 nitrogen and oxygen atoms in total. The molecule has 0 bridgehead atoms. The third-order valence-corrected chi connectivity index (χ3v) is 3.38. The molecule has 114 valence electrons. The number of nitrogens with one attached hydrogen (secondary N) is 2.